The summed E-state index contributed by atoms with van der Waals surface area (Å²) in [7, 11) is 1.96. The van der Waals surface area contributed by atoms with Gasteiger partial charge in [-0.3, -0.25) is 0 Å². The lowest BCUT2D eigenvalue weighted by Crippen LogP contribution is -2.45. The number of fused-ring (bicyclic) bond motifs is 1. The molecule has 0 spiro atoms. The van der Waals surface area contributed by atoms with Crippen molar-refractivity contribution in [3.8, 4) is 0 Å². The van der Waals surface area contributed by atoms with Crippen LogP contribution in [-0.2, 0) is 12.8 Å². The highest BCUT2D eigenvalue weighted by molar-refractivity contribution is 5.50. The number of hydrogen-bond donors (Lipinski definition) is 3. The molecule has 0 heterocycles. The number of benzene rings is 1. The van der Waals surface area contributed by atoms with Crippen molar-refractivity contribution in [3.63, 3.8) is 0 Å². The monoisotopic (exact) mass is 275 g/mol. The molecule has 5 N–H and O–H groups in total. The maximum Gasteiger partial charge on any atom is 0.107 e. The van der Waals surface area contributed by atoms with E-state index in [4.69, 9.17) is 11.6 Å². The highest BCUT2D eigenvalue weighted by atomic mass is 15.6. The third-order valence-corrected chi connectivity index (χ3v) is 4.16. The van der Waals surface area contributed by atoms with Crippen LogP contribution in [0.2, 0.25) is 0 Å². The van der Waals surface area contributed by atoms with Crippen molar-refractivity contribution in [2.24, 2.45) is 22.6 Å². The van der Waals surface area contributed by atoms with Gasteiger partial charge in [-0.15, -0.1) is 0 Å². The molecule has 0 saturated heterocycles. The smallest absolute Gasteiger partial charge is 0.107 e. The Balaban J connectivity index is 2.10. The summed E-state index contributed by atoms with van der Waals surface area (Å²) >= 11 is 0. The topological polar surface area (TPSA) is 79.7 Å². The van der Waals surface area contributed by atoms with E-state index in [0.717, 1.165) is 32.2 Å². The Morgan fingerprint density at radius 2 is 2.20 bits per heavy atom. The Hall–Kier alpha value is -1.59. The minimum Gasteiger partial charge on any atom is -0.388 e. The van der Waals surface area contributed by atoms with Gasteiger partial charge in [0.05, 0.1) is 6.04 Å². The van der Waals surface area contributed by atoms with Gasteiger partial charge in [-0.25, -0.2) is 11.0 Å². The van der Waals surface area contributed by atoms with Gasteiger partial charge in [-0.2, -0.15) is 5.10 Å². The van der Waals surface area contributed by atoms with Crippen LogP contribution in [0.1, 0.15) is 24.0 Å². The molecule has 1 aromatic carbocycles. The standard InChI is InChI=1S/C15H25N5/c1-18-9-8-15(20(17)19-11-16)14-7-6-12-4-2-3-5-13(12)10-14/h2-5,11,14-15,18H,6-10,17H2,1H3,(H2,16,19). The van der Waals surface area contributed by atoms with Gasteiger partial charge in [0.25, 0.3) is 0 Å². The van der Waals surface area contributed by atoms with E-state index >= 15 is 0 Å². The third kappa shape index (κ3) is 3.49. The minimum atomic E-state index is 0.218. The molecule has 0 aliphatic heterocycles. The second-order valence-electron chi connectivity index (χ2n) is 5.38. The molecule has 5 nitrogen and oxygen atoms in total. The molecular weight excluding hydrogens is 250 g/mol. The van der Waals surface area contributed by atoms with Crippen LogP contribution >= 0.6 is 0 Å². The number of nitrogens with two attached hydrogens (primary N) is 2. The summed E-state index contributed by atoms with van der Waals surface area (Å²) in [4.78, 5) is 0. The fraction of sp³-hybridized carbons (Fsp3) is 0.533. The zero-order valence-corrected chi connectivity index (χ0v) is 12.1. The van der Waals surface area contributed by atoms with E-state index in [1.807, 2.05) is 7.05 Å². The van der Waals surface area contributed by atoms with Gasteiger partial charge in [0.15, 0.2) is 0 Å². The maximum absolute atomic E-state index is 6.05. The Morgan fingerprint density at radius 1 is 1.45 bits per heavy atom. The number of rotatable bonds is 6. The van der Waals surface area contributed by atoms with E-state index in [1.165, 1.54) is 22.6 Å². The van der Waals surface area contributed by atoms with Gasteiger partial charge in [-0.05, 0) is 56.3 Å². The van der Waals surface area contributed by atoms with Gasteiger partial charge in [-0.1, -0.05) is 24.3 Å². The van der Waals surface area contributed by atoms with E-state index < -0.39 is 0 Å². The molecule has 1 aromatic rings. The van der Waals surface area contributed by atoms with Crippen LogP contribution in [0.25, 0.3) is 0 Å². The SMILES string of the molecule is CNCCC(C1CCc2ccccc2C1)N(N)/N=C\N. The molecule has 0 aromatic heterocycles. The molecule has 110 valence electrons. The van der Waals surface area contributed by atoms with Crippen LogP contribution in [-0.4, -0.2) is 31.1 Å². The molecule has 0 bridgehead atoms. The number of nitrogens with zero attached hydrogens (tertiary/aromatic N) is 2. The van der Waals surface area contributed by atoms with Gasteiger partial charge in [0, 0.05) is 0 Å². The molecule has 0 radical (unpaired) electrons. The number of hydrogen-bond acceptors (Lipinski definition) is 4. The van der Waals surface area contributed by atoms with Crippen molar-refractivity contribution in [2.45, 2.75) is 31.7 Å². The van der Waals surface area contributed by atoms with Crippen molar-refractivity contribution in [3.05, 3.63) is 35.4 Å². The van der Waals surface area contributed by atoms with Gasteiger partial charge < -0.3 is 11.1 Å². The summed E-state index contributed by atoms with van der Waals surface area (Å²) in [5.41, 5.74) is 8.29. The Morgan fingerprint density at radius 3 is 2.90 bits per heavy atom. The average Bonchev–Trinajstić information content (AvgIpc) is 2.48. The number of hydrazine groups is 1. The number of aryl methyl sites for hydroxylation is 1. The maximum atomic E-state index is 6.05. The van der Waals surface area contributed by atoms with Crippen molar-refractivity contribution >= 4 is 6.34 Å². The summed E-state index contributed by atoms with van der Waals surface area (Å²) in [5, 5.41) is 8.77. The third-order valence-electron chi connectivity index (χ3n) is 4.16. The summed E-state index contributed by atoms with van der Waals surface area (Å²) < 4.78 is 0. The number of hydrazone groups is 1. The van der Waals surface area contributed by atoms with E-state index in [2.05, 4.69) is 34.7 Å². The molecule has 2 atom stereocenters. The van der Waals surface area contributed by atoms with Crippen LogP contribution in [0.15, 0.2) is 29.4 Å². The first-order chi connectivity index (χ1) is 9.76. The molecule has 0 amide bonds. The van der Waals surface area contributed by atoms with Crippen LogP contribution in [0.3, 0.4) is 0 Å². The number of nitrogens with one attached hydrogen (secondary N) is 1. The van der Waals surface area contributed by atoms with E-state index in [0.29, 0.717) is 5.92 Å². The van der Waals surface area contributed by atoms with E-state index in [1.54, 1.807) is 0 Å². The van der Waals surface area contributed by atoms with Crippen LogP contribution < -0.4 is 16.9 Å². The fourth-order valence-electron chi connectivity index (χ4n) is 3.09. The van der Waals surface area contributed by atoms with Gasteiger partial charge in [0.1, 0.15) is 6.34 Å². The van der Waals surface area contributed by atoms with Crippen molar-refractivity contribution in [1.82, 2.24) is 10.4 Å². The van der Waals surface area contributed by atoms with E-state index in [-0.39, 0.29) is 6.04 Å². The Bertz CT molecular complexity index is 446. The fourth-order valence-corrected chi connectivity index (χ4v) is 3.09. The van der Waals surface area contributed by atoms with Crippen molar-refractivity contribution < 1.29 is 0 Å². The van der Waals surface area contributed by atoms with Crippen LogP contribution in [0.5, 0.6) is 0 Å². The second kappa shape index (κ2) is 7.26. The zero-order valence-electron chi connectivity index (χ0n) is 12.1. The predicted molar refractivity (Wildman–Crippen MR) is 83.0 cm³/mol. The highest BCUT2D eigenvalue weighted by Crippen LogP contribution is 2.30. The molecule has 5 heteroatoms. The van der Waals surface area contributed by atoms with E-state index in [9.17, 15) is 0 Å². The molecule has 0 saturated carbocycles. The first-order valence-corrected chi connectivity index (χ1v) is 7.25. The lowest BCUT2D eigenvalue weighted by atomic mass is 9.79. The first-order valence-electron chi connectivity index (χ1n) is 7.25. The minimum absolute atomic E-state index is 0.218. The summed E-state index contributed by atoms with van der Waals surface area (Å²) in [6.07, 6.45) is 5.58. The van der Waals surface area contributed by atoms with Crippen molar-refractivity contribution in [2.75, 3.05) is 13.6 Å². The molecular formula is C15H25N5. The molecule has 20 heavy (non-hydrogen) atoms. The quantitative estimate of drug-likeness (QED) is 0.311. The first kappa shape index (κ1) is 14.8. The Labute approximate surface area is 121 Å². The lowest BCUT2D eigenvalue weighted by molar-refractivity contribution is 0.129. The van der Waals surface area contributed by atoms with Gasteiger partial charge >= 0.3 is 0 Å². The molecule has 0 fully saturated rings. The van der Waals surface area contributed by atoms with Crippen LogP contribution in [0, 0.1) is 5.92 Å². The Kier molecular flexibility index (Phi) is 5.38. The molecule has 2 unspecified atom stereocenters. The summed E-state index contributed by atoms with van der Waals surface area (Å²) in [6.45, 7) is 0.927. The summed E-state index contributed by atoms with van der Waals surface area (Å²) in [5.74, 6) is 6.57. The zero-order chi connectivity index (χ0) is 14.4. The normalized spacial score (nSPS) is 19.8. The van der Waals surface area contributed by atoms with Crippen molar-refractivity contribution in [1.29, 1.82) is 0 Å². The lowest BCUT2D eigenvalue weighted by Gasteiger charge is -2.35. The second-order valence-corrected chi connectivity index (χ2v) is 5.38. The molecule has 1 aliphatic rings. The van der Waals surface area contributed by atoms with Gasteiger partial charge in [0.2, 0.25) is 0 Å². The largest absolute Gasteiger partial charge is 0.388 e. The summed E-state index contributed by atoms with van der Waals surface area (Å²) in [6, 6.07) is 8.90. The van der Waals surface area contributed by atoms with Crippen LogP contribution in [0.4, 0.5) is 0 Å². The molecule has 2 rings (SSSR count). The molecule has 1 aliphatic carbocycles. The highest BCUT2D eigenvalue weighted by Gasteiger charge is 2.28. The average molecular weight is 275 g/mol. The predicted octanol–water partition coefficient (Wildman–Crippen LogP) is 0.847.